The zero-order valence-electron chi connectivity index (χ0n) is 19.3. The predicted molar refractivity (Wildman–Crippen MR) is 124 cm³/mol. The SMILES string of the molecule is COc1cc(CN(C)C[C@@]2(O)CCN(c3ccccn3)C2)ccc1OCCCN(C)C. The number of benzene rings is 1. The molecule has 170 valence electrons. The Hall–Kier alpha value is -2.35. The number of rotatable bonds is 11. The van der Waals surface area contributed by atoms with E-state index in [9.17, 15) is 5.11 Å². The molecule has 1 aromatic heterocycles. The van der Waals surface area contributed by atoms with Gasteiger partial charge in [0.15, 0.2) is 11.5 Å². The van der Waals surface area contributed by atoms with Crippen molar-refractivity contribution in [2.24, 2.45) is 0 Å². The molecule has 1 saturated heterocycles. The highest BCUT2D eigenvalue weighted by atomic mass is 16.5. The lowest BCUT2D eigenvalue weighted by Crippen LogP contribution is -2.43. The summed E-state index contributed by atoms with van der Waals surface area (Å²) < 4.78 is 11.4. The van der Waals surface area contributed by atoms with Gasteiger partial charge in [-0.25, -0.2) is 4.98 Å². The summed E-state index contributed by atoms with van der Waals surface area (Å²) in [5, 5.41) is 11.1. The van der Waals surface area contributed by atoms with Crippen LogP contribution in [0.2, 0.25) is 0 Å². The normalized spacial score (nSPS) is 18.7. The van der Waals surface area contributed by atoms with Crippen LogP contribution in [-0.4, -0.2) is 86.5 Å². The number of hydrogen-bond donors (Lipinski definition) is 1. The molecule has 7 heteroatoms. The smallest absolute Gasteiger partial charge is 0.161 e. The van der Waals surface area contributed by atoms with Crippen molar-refractivity contribution in [3.05, 3.63) is 48.2 Å². The van der Waals surface area contributed by atoms with Crippen LogP contribution in [-0.2, 0) is 6.54 Å². The van der Waals surface area contributed by atoms with E-state index in [4.69, 9.17) is 9.47 Å². The highest BCUT2D eigenvalue weighted by Gasteiger charge is 2.37. The van der Waals surface area contributed by atoms with Crippen molar-refractivity contribution in [3.8, 4) is 11.5 Å². The monoisotopic (exact) mass is 428 g/mol. The lowest BCUT2D eigenvalue weighted by molar-refractivity contribution is 0.0279. The molecule has 0 amide bonds. The second-order valence-corrected chi connectivity index (χ2v) is 8.75. The van der Waals surface area contributed by atoms with E-state index < -0.39 is 5.60 Å². The molecule has 1 aromatic carbocycles. The van der Waals surface area contributed by atoms with Crippen molar-refractivity contribution in [2.45, 2.75) is 25.0 Å². The zero-order valence-corrected chi connectivity index (χ0v) is 19.3. The van der Waals surface area contributed by atoms with Gasteiger partial charge in [-0.1, -0.05) is 12.1 Å². The van der Waals surface area contributed by atoms with Crippen LogP contribution in [0.25, 0.3) is 0 Å². The number of aliphatic hydroxyl groups is 1. The summed E-state index contributed by atoms with van der Waals surface area (Å²) in [4.78, 5) is 10.9. The highest BCUT2D eigenvalue weighted by molar-refractivity contribution is 5.43. The summed E-state index contributed by atoms with van der Waals surface area (Å²) in [5.74, 6) is 2.44. The number of hydrogen-bond acceptors (Lipinski definition) is 7. The maximum atomic E-state index is 11.1. The van der Waals surface area contributed by atoms with Crippen LogP contribution in [0.15, 0.2) is 42.6 Å². The van der Waals surface area contributed by atoms with Gasteiger partial charge in [-0.15, -0.1) is 0 Å². The second-order valence-electron chi connectivity index (χ2n) is 8.75. The molecular formula is C24H36N4O3. The van der Waals surface area contributed by atoms with E-state index in [2.05, 4.69) is 39.8 Å². The van der Waals surface area contributed by atoms with E-state index in [0.717, 1.165) is 55.4 Å². The van der Waals surface area contributed by atoms with Crippen LogP contribution < -0.4 is 14.4 Å². The number of β-amino-alcohol motifs (C(OH)–C–C–N with tert-alkyl or cyclic N) is 1. The van der Waals surface area contributed by atoms with Gasteiger partial charge >= 0.3 is 0 Å². The molecule has 2 aromatic rings. The van der Waals surface area contributed by atoms with E-state index in [0.29, 0.717) is 19.7 Å². The molecule has 1 aliphatic rings. The number of nitrogens with zero attached hydrogens (tertiary/aromatic N) is 4. The summed E-state index contributed by atoms with van der Waals surface area (Å²) in [6.45, 7) is 4.39. The maximum absolute atomic E-state index is 11.1. The van der Waals surface area contributed by atoms with Crippen molar-refractivity contribution in [3.63, 3.8) is 0 Å². The zero-order chi connectivity index (χ0) is 22.3. The first kappa shape index (κ1) is 23.3. The van der Waals surface area contributed by atoms with Crippen molar-refractivity contribution in [2.75, 3.05) is 65.9 Å². The van der Waals surface area contributed by atoms with Crippen LogP contribution >= 0.6 is 0 Å². The minimum absolute atomic E-state index is 0.595. The first-order chi connectivity index (χ1) is 14.9. The third-order valence-electron chi connectivity index (χ3n) is 5.56. The largest absolute Gasteiger partial charge is 0.493 e. The van der Waals surface area contributed by atoms with E-state index in [1.807, 2.05) is 37.4 Å². The summed E-state index contributed by atoms with van der Waals surface area (Å²) in [6, 6.07) is 12.0. The Morgan fingerprint density at radius 2 is 2.00 bits per heavy atom. The van der Waals surface area contributed by atoms with Crippen molar-refractivity contribution < 1.29 is 14.6 Å². The summed E-state index contributed by atoms with van der Waals surface area (Å²) >= 11 is 0. The first-order valence-corrected chi connectivity index (χ1v) is 10.9. The maximum Gasteiger partial charge on any atom is 0.161 e. The Balaban J connectivity index is 1.53. The van der Waals surface area contributed by atoms with E-state index in [1.54, 1.807) is 13.3 Å². The Morgan fingerprint density at radius 3 is 2.71 bits per heavy atom. The second kappa shape index (κ2) is 10.8. The molecule has 1 N–H and O–H groups in total. The number of ether oxygens (including phenoxy) is 2. The molecule has 1 atom stereocenters. The molecular weight excluding hydrogens is 392 g/mol. The number of methoxy groups -OCH3 is 1. The average molecular weight is 429 g/mol. The predicted octanol–water partition coefficient (Wildman–Crippen LogP) is 2.49. The van der Waals surface area contributed by atoms with Crippen molar-refractivity contribution in [1.29, 1.82) is 0 Å². The molecule has 0 radical (unpaired) electrons. The lowest BCUT2D eigenvalue weighted by Gasteiger charge is -2.29. The molecule has 1 fully saturated rings. The fourth-order valence-corrected chi connectivity index (χ4v) is 4.08. The minimum atomic E-state index is -0.744. The summed E-state index contributed by atoms with van der Waals surface area (Å²) in [5.41, 5.74) is 0.384. The molecule has 7 nitrogen and oxygen atoms in total. The van der Waals surface area contributed by atoms with Gasteiger partial charge in [-0.2, -0.15) is 0 Å². The third kappa shape index (κ3) is 6.82. The van der Waals surface area contributed by atoms with E-state index in [1.165, 1.54) is 0 Å². The Labute approximate surface area is 186 Å². The molecule has 0 bridgehead atoms. The number of aromatic nitrogens is 1. The van der Waals surface area contributed by atoms with Crippen LogP contribution in [0.1, 0.15) is 18.4 Å². The van der Waals surface area contributed by atoms with E-state index >= 15 is 0 Å². The Morgan fingerprint density at radius 1 is 1.16 bits per heavy atom. The van der Waals surface area contributed by atoms with Gasteiger partial charge in [-0.3, -0.25) is 4.90 Å². The fraction of sp³-hybridized carbons (Fsp3) is 0.542. The van der Waals surface area contributed by atoms with Gasteiger partial charge in [0.05, 0.1) is 19.3 Å². The molecule has 2 heterocycles. The van der Waals surface area contributed by atoms with E-state index in [-0.39, 0.29) is 0 Å². The van der Waals surface area contributed by atoms with Gasteiger partial charge in [0.2, 0.25) is 0 Å². The van der Waals surface area contributed by atoms with Gasteiger partial charge in [0.25, 0.3) is 0 Å². The number of anilines is 1. The number of pyridine rings is 1. The molecule has 0 spiro atoms. The van der Waals surface area contributed by atoms with Gasteiger partial charge < -0.3 is 24.4 Å². The van der Waals surface area contributed by atoms with Crippen LogP contribution in [0.5, 0.6) is 11.5 Å². The van der Waals surface area contributed by atoms with Gasteiger partial charge in [0.1, 0.15) is 5.82 Å². The molecule has 0 unspecified atom stereocenters. The quantitative estimate of drug-likeness (QED) is 0.552. The Bertz CT molecular complexity index is 818. The molecule has 0 saturated carbocycles. The minimum Gasteiger partial charge on any atom is -0.493 e. The lowest BCUT2D eigenvalue weighted by atomic mass is 10.0. The fourth-order valence-electron chi connectivity index (χ4n) is 4.08. The van der Waals surface area contributed by atoms with Gasteiger partial charge in [0, 0.05) is 38.9 Å². The van der Waals surface area contributed by atoms with Crippen LogP contribution in [0, 0.1) is 0 Å². The Kier molecular flexibility index (Phi) is 8.12. The highest BCUT2D eigenvalue weighted by Crippen LogP contribution is 2.30. The molecule has 3 rings (SSSR count). The molecule has 1 aliphatic heterocycles. The third-order valence-corrected chi connectivity index (χ3v) is 5.56. The molecule has 0 aliphatic carbocycles. The first-order valence-electron chi connectivity index (χ1n) is 10.9. The van der Waals surface area contributed by atoms with Crippen molar-refractivity contribution in [1.82, 2.24) is 14.8 Å². The van der Waals surface area contributed by atoms with Gasteiger partial charge in [-0.05, 0) is 63.8 Å². The number of likely N-dealkylation sites (N-methyl/N-ethyl adjacent to an activating group) is 1. The van der Waals surface area contributed by atoms with Crippen molar-refractivity contribution >= 4 is 5.82 Å². The standard InChI is InChI=1S/C24H36N4O3/c1-26(2)13-7-15-31-21-10-9-20(16-22(21)30-4)17-27(3)18-24(29)11-14-28(19-24)23-8-5-6-12-25-23/h5-6,8-10,12,16,29H,7,11,13-15,17-19H2,1-4H3/t24-/m0/s1. The average Bonchev–Trinajstić information content (AvgIpc) is 3.13. The molecule has 31 heavy (non-hydrogen) atoms. The van der Waals surface area contributed by atoms with Crippen LogP contribution in [0.4, 0.5) is 5.82 Å². The van der Waals surface area contributed by atoms with Crippen LogP contribution in [0.3, 0.4) is 0 Å². The summed E-state index contributed by atoms with van der Waals surface area (Å²) in [6.07, 6.45) is 3.49. The topological polar surface area (TPSA) is 61.3 Å². The summed E-state index contributed by atoms with van der Waals surface area (Å²) in [7, 11) is 7.83.